The van der Waals surface area contributed by atoms with Crippen molar-refractivity contribution >= 4 is 22.8 Å². The predicted molar refractivity (Wildman–Crippen MR) is 85.0 cm³/mol. The van der Waals surface area contributed by atoms with E-state index in [4.69, 9.17) is 14.9 Å². The zero-order valence-corrected chi connectivity index (χ0v) is 13.1. The van der Waals surface area contributed by atoms with Crippen molar-refractivity contribution in [3.8, 4) is 5.75 Å². The molecule has 2 N–H and O–H groups in total. The summed E-state index contributed by atoms with van der Waals surface area (Å²) < 4.78 is 10.7. The number of nitrogens with zero attached hydrogens (tertiary/aromatic N) is 1. The molecule has 6 heteroatoms. The van der Waals surface area contributed by atoms with Crippen LogP contribution < -0.4 is 10.5 Å². The SMILES string of the molecule is COc1ccc2c(CC(=O)N3CCC(C(N)=O)CC3)coc2c1. The molecular weight excluding hydrogens is 296 g/mol. The Morgan fingerprint density at radius 1 is 1.35 bits per heavy atom. The molecule has 0 radical (unpaired) electrons. The Kier molecular flexibility index (Phi) is 4.23. The monoisotopic (exact) mass is 316 g/mol. The lowest BCUT2D eigenvalue weighted by Gasteiger charge is -2.30. The number of hydrogen-bond donors (Lipinski definition) is 1. The third kappa shape index (κ3) is 3.16. The maximum absolute atomic E-state index is 12.5. The number of primary amides is 1. The smallest absolute Gasteiger partial charge is 0.227 e. The average molecular weight is 316 g/mol. The van der Waals surface area contributed by atoms with E-state index in [0.717, 1.165) is 16.7 Å². The molecule has 0 bridgehead atoms. The highest BCUT2D eigenvalue weighted by molar-refractivity contribution is 5.88. The van der Waals surface area contributed by atoms with Crippen LogP contribution in [0.2, 0.25) is 0 Å². The van der Waals surface area contributed by atoms with Crippen molar-refractivity contribution in [3.63, 3.8) is 0 Å². The number of ether oxygens (including phenoxy) is 1. The van der Waals surface area contributed by atoms with E-state index in [2.05, 4.69) is 0 Å². The fraction of sp³-hybridized carbons (Fsp3) is 0.412. The van der Waals surface area contributed by atoms with Gasteiger partial charge in [-0.05, 0) is 25.0 Å². The molecule has 122 valence electrons. The highest BCUT2D eigenvalue weighted by Gasteiger charge is 2.26. The molecule has 1 aliphatic heterocycles. The number of hydrogen-bond acceptors (Lipinski definition) is 4. The van der Waals surface area contributed by atoms with Gasteiger partial charge in [-0.25, -0.2) is 0 Å². The highest BCUT2D eigenvalue weighted by Crippen LogP contribution is 2.26. The van der Waals surface area contributed by atoms with Crippen molar-refractivity contribution in [2.75, 3.05) is 20.2 Å². The molecule has 2 heterocycles. The van der Waals surface area contributed by atoms with E-state index >= 15 is 0 Å². The number of piperidine rings is 1. The summed E-state index contributed by atoms with van der Waals surface area (Å²) in [5.74, 6) is 0.387. The zero-order valence-electron chi connectivity index (χ0n) is 13.1. The minimum Gasteiger partial charge on any atom is -0.497 e. The average Bonchev–Trinajstić information content (AvgIpc) is 2.97. The quantitative estimate of drug-likeness (QED) is 0.930. The summed E-state index contributed by atoms with van der Waals surface area (Å²) in [4.78, 5) is 25.4. The van der Waals surface area contributed by atoms with E-state index < -0.39 is 0 Å². The summed E-state index contributed by atoms with van der Waals surface area (Å²) in [5, 5.41) is 0.922. The largest absolute Gasteiger partial charge is 0.497 e. The Bertz CT molecular complexity index is 729. The van der Waals surface area contributed by atoms with Crippen molar-refractivity contribution in [1.82, 2.24) is 4.90 Å². The molecule has 3 rings (SSSR count). The van der Waals surface area contributed by atoms with Gasteiger partial charge in [0.05, 0.1) is 19.8 Å². The van der Waals surface area contributed by atoms with Gasteiger partial charge in [0.2, 0.25) is 11.8 Å². The number of benzene rings is 1. The normalized spacial score (nSPS) is 15.8. The minimum absolute atomic E-state index is 0.0476. The first-order valence-electron chi connectivity index (χ1n) is 7.69. The minimum atomic E-state index is -0.271. The molecule has 0 unspecified atom stereocenters. The van der Waals surface area contributed by atoms with Crippen LogP contribution >= 0.6 is 0 Å². The second-order valence-corrected chi connectivity index (χ2v) is 5.86. The van der Waals surface area contributed by atoms with Gasteiger partial charge >= 0.3 is 0 Å². The van der Waals surface area contributed by atoms with Crippen molar-refractivity contribution < 1.29 is 18.7 Å². The fourth-order valence-electron chi connectivity index (χ4n) is 3.02. The van der Waals surface area contributed by atoms with E-state index in [-0.39, 0.29) is 17.7 Å². The summed E-state index contributed by atoms with van der Waals surface area (Å²) in [6.45, 7) is 1.16. The molecule has 23 heavy (non-hydrogen) atoms. The molecule has 1 aliphatic rings. The van der Waals surface area contributed by atoms with E-state index in [1.54, 1.807) is 18.3 Å². The Morgan fingerprint density at radius 3 is 2.74 bits per heavy atom. The Balaban J connectivity index is 1.68. The molecule has 0 atom stereocenters. The van der Waals surface area contributed by atoms with Gasteiger partial charge in [-0.3, -0.25) is 9.59 Å². The third-order valence-corrected chi connectivity index (χ3v) is 4.45. The van der Waals surface area contributed by atoms with Crippen LogP contribution in [0, 0.1) is 5.92 Å². The Labute approximate surface area is 134 Å². The molecule has 1 saturated heterocycles. The molecular formula is C17H20N2O4. The molecule has 1 fully saturated rings. The van der Waals surface area contributed by atoms with Crippen LogP contribution in [-0.4, -0.2) is 36.9 Å². The van der Waals surface area contributed by atoms with Gasteiger partial charge < -0.3 is 19.8 Å². The van der Waals surface area contributed by atoms with Gasteiger partial charge in [0, 0.05) is 36.0 Å². The van der Waals surface area contributed by atoms with Crippen molar-refractivity contribution in [1.29, 1.82) is 0 Å². The number of nitrogens with two attached hydrogens (primary N) is 1. The predicted octanol–water partition coefficient (Wildman–Crippen LogP) is 1.71. The topological polar surface area (TPSA) is 85.8 Å². The lowest BCUT2D eigenvalue weighted by Crippen LogP contribution is -2.42. The third-order valence-electron chi connectivity index (χ3n) is 4.45. The van der Waals surface area contributed by atoms with Crippen molar-refractivity contribution in [2.24, 2.45) is 11.7 Å². The number of carbonyl (C=O) groups is 2. The molecule has 1 aromatic carbocycles. The van der Waals surface area contributed by atoms with E-state index in [1.807, 2.05) is 18.2 Å². The van der Waals surface area contributed by atoms with Gasteiger partial charge in [0.25, 0.3) is 0 Å². The molecule has 0 saturated carbocycles. The van der Waals surface area contributed by atoms with Crippen LogP contribution in [0.5, 0.6) is 5.75 Å². The summed E-state index contributed by atoms with van der Waals surface area (Å²) >= 11 is 0. The summed E-state index contributed by atoms with van der Waals surface area (Å²) in [7, 11) is 1.60. The summed E-state index contributed by atoms with van der Waals surface area (Å²) in [6.07, 6.45) is 3.20. The lowest BCUT2D eigenvalue weighted by molar-refractivity contribution is -0.134. The van der Waals surface area contributed by atoms with Crippen molar-refractivity contribution in [2.45, 2.75) is 19.3 Å². The van der Waals surface area contributed by atoms with Crippen LogP contribution in [0.25, 0.3) is 11.0 Å². The molecule has 0 spiro atoms. The second-order valence-electron chi connectivity index (χ2n) is 5.86. The molecule has 2 aromatic rings. The van der Waals surface area contributed by atoms with Crippen LogP contribution in [0.4, 0.5) is 0 Å². The van der Waals surface area contributed by atoms with Gasteiger partial charge in [0.15, 0.2) is 0 Å². The number of amides is 2. The van der Waals surface area contributed by atoms with Crippen LogP contribution in [-0.2, 0) is 16.0 Å². The Hall–Kier alpha value is -2.50. The van der Waals surface area contributed by atoms with E-state index in [1.165, 1.54) is 0 Å². The number of fused-ring (bicyclic) bond motifs is 1. The first-order chi connectivity index (χ1) is 11.1. The molecule has 0 aliphatic carbocycles. The second kappa shape index (κ2) is 6.32. The molecule has 2 amide bonds. The first kappa shape index (κ1) is 15.4. The van der Waals surface area contributed by atoms with E-state index in [0.29, 0.717) is 37.9 Å². The zero-order chi connectivity index (χ0) is 16.4. The van der Waals surface area contributed by atoms with Crippen LogP contribution in [0.15, 0.2) is 28.9 Å². The number of methoxy groups -OCH3 is 1. The lowest BCUT2D eigenvalue weighted by atomic mass is 9.96. The van der Waals surface area contributed by atoms with Crippen LogP contribution in [0.3, 0.4) is 0 Å². The first-order valence-corrected chi connectivity index (χ1v) is 7.69. The van der Waals surface area contributed by atoms with E-state index in [9.17, 15) is 9.59 Å². The number of likely N-dealkylation sites (tertiary alicyclic amines) is 1. The van der Waals surface area contributed by atoms with Gasteiger partial charge in [-0.2, -0.15) is 0 Å². The molecule has 6 nitrogen and oxygen atoms in total. The van der Waals surface area contributed by atoms with Gasteiger partial charge in [-0.1, -0.05) is 0 Å². The number of rotatable bonds is 4. The fourth-order valence-corrected chi connectivity index (χ4v) is 3.02. The highest BCUT2D eigenvalue weighted by atomic mass is 16.5. The summed E-state index contributed by atoms with van der Waals surface area (Å²) in [5.41, 5.74) is 6.89. The summed E-state index contributed by atoms with van der Waals surface area (Å²) in [6, 6.07) is 5.56. The maximum Gasteiger partial charge on any atom is 0.227 e. The molecule has 1 aromatic heterocycles. The number of carbonyl (C=O) groups excluding carboxylic acids is 2. The maximum atomic E-state index is 12.5. The van der Waals surface area contributed by atoms with Crippen molar-refractivity contribution in [3.05, 3.63) is 30.0 Å². The van der Waals surface area contributed by atoms with Crippen LogP contribution in [0.1, 0.15) is 18.4 Å². The van der Waals surface area contributed by atoms with Gasteiger partial charge in [-0.15, -0.1) is 0 Å². The Morgan fingerprint density at radius 2 is 2.09 bits per heavy atom. The number of furan rings is 1. The van der Waals surface area contributed by atoms with Gasteiger partial charge in [0.1, 0.15) is 11.3 Å². The standard InChI is InChI=1S/C17H20N2O4/c1-22-13-2-3-14-12(10-23-15(14)9-13)8-16(20)19-6-4-11(5-7-19)17(18)21/h2-3,9-11H,4-8H2,1H3,(H2,18,21).